The molecule has 1 aliphatic carbocycles. The molecule has 0 spiro atoms. The number of aliphatic carboxylic acids is 2. The van der Waals surface area contributed by atoms with Gasteiger partial charge in [0.25, 0.3) is 0 Å². The average molecular weight is 255 g/mol. The predicted octanol–water partition coefficient (Wildman–Crippen LogP) is 0.634. The van der Waals surface area contributed by atoms with Crippen LogP contribution in [0.3, 0.4) is 0 Å². The van der Waals surface area contributed by atoms with Gasteiger partial charge in [-0.2, -0.15) is 0 Å². The first-order valence-electron chi connectivity index (χ1n) is 5.90. The second kappa shape index (κ2) is 6.78. The van der Waals surface area contributed by atoms with Crippen LogP contribution in [0.2, 0.25) is 0 Å². The minimum Gasteiger partial charge on any atom is -0.481 e. The Labute approximate surface area is 105 Å². The molecule has 0 heterocycles. The number of hydrogen-bond acceptors (Lipinski definition) is 3. The summed E-state index contributed by atoms with van der Waals surface area (Å²) < 4.78 is 0. The Morgan fingerprint density at radius 2 is 1.67 bits per heavy atom. The van der Waals surface area contributed by atoms with Crippen molar-refractivity contribution >= 4 is 17.8 Å². The Bertz CT molecular complexity index is 355. The molecule has 0 aromatic rings. The molecule has 1 aliphatic rings. The van der Waals surface area contributed by atoms with Crippen molar-refractivity contribution in [2.24, 2.45) is 11.8 Å². The van der Waals surface area contributed by atoms with E-state index in [9.17, 15) is 14.4 Å². The lowest BCUT2D eigenvalue weighted by Gasteiger charge is -2.25. The van der Waals surface area contributed by atoms with E-state index in [1.807, 2.05) is 0 Å². The van der Waals surface area contributed by atoms with Crippen LogP contribution in [0.5, 0.6) is 0 Å². The van der Waals surface area contributed by atoms with Gasteiger partial charge >= 0.3 is 11.9 Å². The zero-order chi connectivity index (χ0) is 13.5. The van der Waals surface area contributed by atoms with E-state index in [0.717, 1.165) is 25.0 Å². The largest absolute Gasteiger partial charge is 0.481 e. The minimum absolute atomic E-state index is 0.260. The molecule has 3 N–H and O–H groups in total. The molecule has 0 unspecified atom stereocenters. The van der Waals surface area contributed by atoms with Gasteiger partial charge in [-0.1, -0.05) is 0 Å². The SMILES string of the molecule is O=C(O)/C=C/C(=O)NCC1CCC(C(=O)O)CC1. The van der Waals surface area contributed by atoms with Crippen LogP contribution in [0.1, 0.15) is 25.7 Å². The van der Waals surface area contributed by atoms with Crippen molar-refractivity contribution < 1.29 is 24.6 Å². The van der Waals surface area contributed by atoms with Crippen LogP contribution in [0.15, 0.2) is 12.2 Å². The molecule has 6 nitrogen and oxygen atoms in total. The highest BCUT2D eigenvalue weighted by molar-refractivity contribution is 5.93. The molecule has 0 aromatic heterocycles. The Morgan fingerprint density at radius 3 is 2.17 bits per heavy atom. The molecular formula is C12H17NO5. The summed E-state index contributed by atoms with van der Waals surface area (Å²) in [6.07, 6.45) is 4.60. The van der Waals surface area contributed by atoms with Crippen LogP contribution in [-0.4, -0.2) is 34.6 Å². The molecule has 0 aromatic carbocycles. The minimum atomic E-state index is -1.16. The van der Waals surface area contributed by atoms with Gasteiger partial charge in [0.2, 0.25) is 5.91 Å². The molecule has 18 heavy (non-hydrogen) atoms. The zero-order valence-corrected chi connectivity index (χ0v) is 9.96. The summed E-state index contributed by atoms with van der Waals surface area (Å²) in [7, 11) is 0. The molecule has 0 radical (unpaired) electrons. The molecule has 0 aliphatic heterocycles. The molecule has 6 heteroatoms. The molecule has 1 saturated carbocycles. The first-order chi connectivity index (χ1) is 8.49. The van der Waals surface area contributed by atoms with Crippen molar-refractivity contribution in [3.8, 4) is 0 Å². The maximum atomic E-state index is 11.2. The van der Waals surface area contributed by atoms with E-state index < -0.39 is 17.8 Å². The Kier molecular flexibility index (Phi) is 5.35. The van der Waals surface area contributed by atoms with Crippen LogP contribution in [0, 0.1) is 11.8 Å². The van der Waals surface area contributed by atoms with Crippen LogP contribution in [0.4, 0.5) is 0 Å². The van der Waals surface area contributed by atoms with Gasteiger partial charge in [0, 0.05) is 18.7 Å². The first-order valence-corrected chi connectivity index (χ1v) is 5.90. The van der Waals surface area contributed by atoms with E-state index in [1.54, 1.807) is 0 Å². The van der Waals surface area contributed by atoms with Gasteiger partial charge in [-0.25, -0.2) is 4.79 Å². The number of carboxylic acid groups (broad SMARTS) is 2. The summed E-state index contributed by atoms with van der Waals surface area (Å²) in [6.45, 7) is 0.467. The van der Waals surface area contributed by atoms with Gasteiger partial charge in [0.15, 0.2) is 0 Å². The van der Waals surface area contributed by atoms with Gasteiger partial charge in [-0.3, -0.25) is 9.59 Å². The number of amides is 1. The summed E-state index contributed by atoms with van der Waals surface area (Å²) in [5.41, 5.74) is 0. The van der Waals surface area contributed by atoms with E-state index >= 15 is 0 Å². The monoisotopic (exact) mass is 255 g/mol. The lowest BCUT2D eigenvalue weighted by atomic mass is 9.82. The fourth-order valence-electron chi connectivity index (χ4n) is 2.06. The number of carboxylic acids is 2. The van der Waals surface area contributed by atoms with Crippen molar-refractivity contribution in [2.75, 3.05) is 6.54 Å². The van der Waals surface area contributed by atoms with Crippen molar-refractivity contribution in [1.82, 2.24) is 5.32 Å². The van der Waals surface area contributed by atoms with E-state index in [1.165, 1.54) is 0 Å². The van der Waals surface area contributed by atoms with Crippen molar-refractivity contribution in [3.05, 3.63) is 12.2 Å². The fraction of sp³-hybridized carbons (Fsp3) is 0.583. The van der Waals surface area contributed by atoms with E-state index in [4.69, 9.17) is 10.2 Å². The maximum Gasteiger partial charge on any atom is 0.328 e. The number of carbonyl (C=O) groups is 3. The smallest absolute Gasteiger partial charge is 0.328 e. The standard InChI is InChI=1S/C12H17NO5/c14-10(5-6-11(15)16)13-7-8-1-3-9(4-2-8)12(17)18/h5-6,8-9H,1-4,7H2,(H,13,14)(H,15,16)(H,17,18)/b6-5+. The van der Waals surface area contributed by atoms with E-state index in [0.29, 0.717) is 19.4 Å². The van der Waals surface area contributed by atoms with Crippen LogP contribution in [-0.2, 0) is 14.4 Å². The van der Waals surface area contributed by atoms with Crippen LogP contribution >= 0.6 is 0 Å². The predicted molar refractivity (Wildman–Crippen MR) is 62.9 cm³/mol. The van der Waals surface area contributed by atoms with E-state index in [-0.39, 0.29) is 11.8 Å². The van der Waals surface area contributed by atoms with Crippen molar-refractivity contribution in [3.63, 3.8) is 0 Å². The summed E-state index contributed by atoms with van der Waals surface area (Å²) in [4.78, 5) is 32.1. The summed E-state index contributed by atoms with van der Waals surface area (Å²) in [6, 6.07) is 0. The Hall–Kier alpha value is -1.85. The number of rotatable bonds is 5. The van der Waals surface area contributed by atoms with Gasteiger partial charge in [-0.15, -0.1) is 0 Å². The average Bonchev–Trinajstić information content (AvgIpc) is 2.34. The van der Waals surface area contributed by atoms with Crippen LogP contribution < -0.4 is 5.32 Å². The molecular weight excluding hydrogens is 238 g/mol. The van der Waals surface area contributed by atoms with Gasteiger partial charge in [0.1, 0.15) is 0 Å². The third-order valence-corrected chi connectivity index (χ3v) is 3.14. The number of nitrogens with one attached hydrogen (secondary N) is 1. The second-order valence-corrected chi connectivity index (χ2v) is 4.47. The van der Waals surface area contributed by atoms with Gasteiger partial charge in [0.05, 0.1) is 5.92 Å². The molecule has 1 rings (SSSR count). The summed E-state index contributed by atoms with van der Waals surface area (Å²) >= 11 is 0. The van der Waals surface area contributed by atoms with Crippen molar-refractivity contribution in [1.29, 1.82) is 0 Å². The molecule has 0 saturated heterocycles. The highest BCUT2D eigenvalue weighted by atomic mass is 16.4. The second-order valence-electron chi connectivity index (χ2n) is 4.47. The van der Waals surface area contributed by atoms with Crippen LogP contribution in [0.25, 0.3) is 0 Å². The zero-order valence-electron chi connectivity index (χ0n) is 9.96. The molecule has 0 atom stereocenters. The van der Waals surface area contributed by atoms with Crippen molar-refractivity contribution in [2.45, 2.75) is 25.7 Å². The highest BCUT2D eigenvalue weighted by Crippen LogP contribution is 2.28. The Morgan fingerprint density at radius 1 is 1.06 bits per heavy atom. The highest BCUT2D eigenvalue weighted by Gasteiger charge is 2.25. The lowest BCUT2D eigenvalue weighted by molar-refractivity contribution is -0.143. The molecule has 1 fully saturated rings. The summed E-state index contributed by atoms with van der Waals surface area (Å²) in [5, 5.41) is 19.8. The van der Waals surface area contributed by atoms with E-state index in [2.05, 4.69) is 5.32 Å². The molecule has 1 amide bonds. The first kappa shape index (κ1) is 14.2. The molecule has 100 valence electrons. The third kappa shape index (κ3) is 4.99. The fourth-order valence-corrected chi connectivity index (χ4v) is 2.06. The lowest BCUT2D eigenvalue weighted by Crippen LogP contribution is -2.31. The van der Waals surface area contributed by atoms with Gasteiger partial charge < -0.3 is 15.5 Å². The van der Waals surface area contributed by atoms with Gasteiger partial charge in [-0.05, 0) is 31.6 Å². The quantitative estimate of drug-likeness (QED) is 0.625. The topological polar surface area (TPSA) is 104 Å². The normalized spacial score (nSPS) is 23.8. The molecule has 0 bridgehead atoms. The third-order valence-electron chi connectivity index (χ3n) is 3.14. The Balaban J connectivity index is 2.23. The maximum absolute atomic E-state index is 11.2. The summed E-state index contributed by atoms with van der Waals surface area (Å²) in [5.74, 6) is -2.32. The number of carbonyl (C=O) groups excluding carboxylic acids is 1. The number of hydrogen-bond donors (Lipinski definition) is 3.